The van der Waals surface area contributed by atoms with E-state index in [1.807, 2.05) is 35.5 Å². The van der Waals surface area contributed by atoms with Gasteiger partial charge in [-0.1, -0.05) is 0 Å². The van der Waals surface area contributed by atoms with Gasteiger partial charge in [-0.25, -0.2) is 0 Å². The van der Waals surface area contributed by atoms with E-state index >= 15 is 0 Å². The Bertz CT molecular complexity index is 233. The van der Waals surface area contributed by atoms with Crippen LogP contribution in [0.3, 0.4) is 0 Å². The number of carbonyl (C=O) groups is 1. The summed E-state index contributed by atoms with van der Waals surface area (Å²) < 4.78 is 0. The minimum Gasteiger partial charge on any atom is -0.343 e. The first kappa shape index (κ1) is 15.2. The number of hydrogen-bond donors (Lipinski definition) is 1. The molecule has 5 heteroatoms. The molecule has 0 spiro atoms. The van der Waals surface area contributed by atoms with Crippen molar-refractivity contribution in [3.63, 3.8) is 0 Å². The SMILES string of the molecule is CSCCC(C)N(C)C(=O)CC1CSCCN1. The third-order valence-electron chi connectivity index (χ3n) is 3.21. The molecule has 1 aliphatic rings. The van der Waals surface area contributed by atoms with Crippen molar-refractivity contribution in [2.75, 3.05) is 37.1 Å². The predicted octanol–water partition coefficient (Wildman–Crippen LogP) is 1.68. The molecule has 0 aromatic heterocycles. The Kier molecular flexibility index (Phi) is 7.39. The minimum atomic E-state index is 0.276. The molecular formula is C12H24N2OS2. The third kappa shape index (κ3) is 5.53. The molecule has 1 heterocycles. The van der Waals surface area contributed by atoms with Crippen LogP contribution in [-0.2, 0) is 4.79 Å². The average molecular weight is 276 g/mol. The van der Waals surface area contributed by atoms with Crippen molar-refractivity contribution in [2.24, 2.45) is 0 Å². The lowest BCUT2D eigenvalue weighted by Crippen LogP contribution is -2.43. The van der Waals surface area contributed by atoms with Gasteiger partial charge in [-0.2, -0.15) is 23.5 Å². The highest BCUT2D eigenvalue weighted by Gasteiger charge is 2.21. The zero-order valence-corrected chi connectivity index (χ0v) is 12.7. The molecule has 1 aliphatic heterocycles. The fourth-order valence-corrected chi connectivity index (χ4v) is 3.36. The van der Waals surface area contributed by atoms with Gasteiger partial charge in [0.25, 0.3) is 0 Å². The topological polar surface area (TPSA) is 32.3 Å². The quantitative estimate of drug-likeness (QED) is 0.800. The molecule has 0 aliphatic carbocycles. The minimum absolute atomic E-state index is 0.276. The molecule has 0 radical (unpaired) electrons. The van der Waals surface area contributed by atoms with Crippen LogP contribution in [0.5, 0.6) is 0 Å². The lowest BCUT2D eigenvalue weighted by atomic mass is 10.1. The van der Waals surface area contributed by atoms with Crippen LogP contribution < -0.4 is 5.32 Å². The monoisotopic (exact) mass is 276 g/mol. The van der Waals surface area contributed by atoms with Crippen molar-refractivity contribution in [2.45, 2.75) is 31.8 Å². The molecule has 3 nitrogen and oxygen atoms in total. The molecule has 17 heavy (non-hydrogen) atoms. The Morgan fingerprint density at radius 3 is 3.00 bits per heavy atom. The molecule has 0 aromatic rings. The van der Waals surface area contributed by atoms with Gasteiger partial charge < -0.3 is 10.2 Å². The Balaban J connectivity index is 2.29. The van der Waals surface area contributed by atoms with Gasteiger partial charge >= 0.3 is 0 Å². The Morgan fingerprint density at radius 2 is 2.41 bits per heavy atom. The van der Waals surface area contributed by atoms with Crippen molar-refractivity contribution in [1.29, 1.82) is 0 Å². The van der Waals surface area contributed by atoms with Crippen molar-refractivity contribution >= 4 is 29.4 Å². The van der Waals surface area contributed by atoms with Crippen LogP contribution in [0, 0.1) is 0 Å². The van der Waals surface area contributed by atoms with Gasteiger partial charge in [0.1, 0.15) is 0 Å². The molecule has 1 N–H and O–H groups in total. The Labute approximate surface area is 113 Å². The maximum absolute atomic E-state index is 12.1. The summed E-state index contributed by atoms with van der Waals surface area (Å²) in [5.41, 5.74) is 0. The lowest BCUT2D eigenvalue weighted by molar-refractivity contribution is -0.132. The van der Waals surface area contributed by atoms with Gasteiger partial charge in [0, 0.05) is 43.6 Å². The maximum Gasteiger partial charge on any atom is 0.224 e. The van der Waals surface area contributed by atoms with Crippen LogP contribution in [0.25, 0.3) is 0 Å². The van der Waals surface area contributed by atoms with Crippen molar-refractivity contribution < 1.29 is 4.79 Å². The molecule has 1 saturated heterocycles. The van der Waals surface area contributed by atoms with Crippen molar-refractivity contribution in [3.05, 3.63) is 0 Å². The summed E-state index contributed by atoms with van der Waals surface area (Å²) in [5, 5.41) is 3.41. The second-order valence-electron chi connectivity index (χ2n) is 4.57. The van der Waals surface area contributed by atoms with Crippen LogP contribution in [0.1, 0.15) is 19.8 Å². The van der Waals surface area contributed by atoms with Gasteiger partial charge in [-0.3, -0.25) is 4.79 Å². The van der Waals surface area contributed by atoms with E-state index in [9.17, 15) is 4.79 Å². The van der Waals surface area contributed by atoms with Gasteiger partial charge in [-0.05, 0) is 25.4 Å². The van der Waals surface area contributed by atoms with E-state index in [0.29, 0.717) is 18.5 Å². The van der Waals surface area contributed by atoms with Crippen LogP contribution in [0.2, 0.25) is 0 Å². The number of thioether (sulfide) groups is 2. The highest BCUT2D eigenvalue weighted by molar-refractivity contribution is 7.99. The van der Waals surface area contributed by atoms with Crippen molar-refractivity contribution in [3.8, 4) is 0 Å². The summed E-state index contributed by atoms with van der Waals surface area (Å²) in [6.07, 6.45) is 3.83. The lowest BCUT2D eigenvalue weighted by Gasteiger charge is -2.28. The summed E-state index contributed by atoms with van der Waals surface area (Å²) in [5.74, 6) is 3.64. The van der Waals surface area contributed by atoms with E-state index < -0.39 is 0 Å². The first-order valence-electron chi connectivity index (χ1n) is 6.21. The van der Waals surface area contributed by atoms with E-state index in [4.69, 9.17) is 0 Å². The molecule has 1 fully saturated rings. The summed E-state index contributed by atoms with van der Waals surface area (Å²) in [6.45, 7) is 3.17. The number of amides is 1. The standard InChI is InChI=1S/C12H24N2OS2/c1-10(4-6-16-3)14(2)12(15)8-11-9-17-7-5-13-11/h10-11,13H,4-9H2,1-3H3. The van der Waals surface area contributed by atoms with Gasteiger partial charge in [-0.15, -0.1) is 0 Å². The number of nitrogens with one attached hydrogen (secondary N) is 1. The zero-order chi connectivity index (χ0) is 12.7. The molecule has 0 saturated carbocycles. The number of hydrogen-bond acceptors (Lipinski definition) is 4. The molecule has 1 rings (SSSR count). The normalized spacial score (nSPS) is 22.2. The average Bonchev–Trinajstić information content (AvgIpc) is 2.36. The predicted molar refractivity (Wildman–Crippen MR) is 79.0 cm³/mol. The molecule has 2 atom stereocenters. The highest BCUT2D eigenvalue weighted by atomic mass is 32.2. The molecule has 1 amide bonds. The maximum atomic E-state index is 12.1. The van der Waals surface area contributed by atoms with Crippen LogP contribution in [0.4, 0.5) is 0 Å². The third-order valence-corrected chi connectivity index (χ3v) is 4.99. The summed E-state index contributed by atoms with van der Waals surface area (Å²) >= 11 is 3.78. The summed E-state index contributed by atoms with van der Waals surface area (Å²) in [7, 11) is 1.93. The Hall–Kier alpha value is 0.130. The summed E-state index contributed by atoms with van der Waals surface area (Å²) in [6, 6.07) is 0.725. The first-order valence-corrected chi connectivity index (χ1v) is 8.75. The van der Waals surface area contributed by atoms with Gasteiger partial charge in [0.05, 0.1) is 0 Å². The van der Waals surface area contributed by atoms with Crippen LogP contribution in [-0.4, -0.2) is 60.0 Å². The van der Waals surface area contributed by atoms with E-state index in [2.05, 4.69) is 18.5 Å². The molecule has 2 unspecified atom stereocenters. The van der Waals surface area contributed by atoms with Crippen molar-refractivity contribution in [1.82, 2.24) is 10.2 Å². The van der Waals surface area contributed by atoms with Gasteiger partial charge in [0.15, 0.2) is 0 Å². The smallest absolute Gasteiger partial charge is 0.224 e. The van der Waals surface area contributed by atoms with E-state index in [1.54, 1.807) is 0 Å². The van der Waals surface area contributed by atoms with Crippen LogP contribution >= 0.6 is 23.5 Å². The highest BCUT2D eigenvalue weighted by Crippen LogP contribution is 2.13. The molecule has 100 valence electrons. The molecular weight excluding hydrogens is 252 g/mol. The Morgan fingerprint density at radius 1 is 1.65 bits per heavy atom. The number of nitrogens with zero attached hydrogens (tertiary/aromatic N) is 1. The second kappa shape index (κ2) is 8.27. The fraction of sp³-hybridized carbons (Fsp3) is 0.917. The number of carbonyl (C=O) groups excluding carboxylic acids is 1. The largest absolute Gasteiger partial charge is 0.343 e. The van der Waals surface area contributed by atoms with Gasteiger partial charge in [0.2, 0.25) is 5.91 Å². The fourth-order valence-electron chi connectivity index (χ4n) is 1.83. The zero-order valence-electron chi connectivity index (χ0n) is 11.1. The number of rotatable bonds is 6. The van der Waals surface area contributed by atoms with E-state index in [0.717, 1.165) is 24.5 Å². The molecule has 0 aromatic carbocycles. The van der Waals surface area contributed by atoms with E-state index in [1.165, 1.54) is 5.75 Å². The second-order valence-corrected chi connectivity index (χ2v) is 6.70. The van der Waals surface area contributed by atoms with Crippen LogP contribution in [0.15, 0.2) is 0 Å². The summed E-state index contributed by atoms with van der Waals surface area (Å²) in [4.78, 5) is 14.0. The first-order chi connectivity index (χ1) is 8.15. The molecule has 0 bridgehead atoms. The van der Waals surface area contributed by atoms with E-state index in [-0.39, 0.29) is 5.91 Å².